The number of carbonyl (C=O) groups is 1. The predicted molar refractivity (Wildman–Crippen MR) is 112 cm³/mol. The van der Waals surface area contributed by atoms with Gasteiger partial charge in [-0.05, 0) is 57.6 Å². The lowest BCUT2D eigenvalue weighted by Gasteiger charge is -2.31. The van der Waals surface area contributed by atoms with E-state index in [1.165, 1.54) is 12.0 Å². The van der Waals surface area contributed by atoms with Crippen molar-refractivity contribution in [1.82, 2.24) is 9.97 Å². The molecule has 0 radical (unpaired) electrons. The minimum absolute atomic E-state index is 0.0843. The molecule has 1 aromatic heterocycles. The second-order valence-corrected chi connectivity index (χ2v) is 7.95. The van der Waals surface area contributed by atoms with Crippen molar-refractivity contribution >= 4 is 17.5 Å². The highest BCUT2D eigenvalue weighted by Gasteiger charge is 2.20. The summed E-state index contributed by atoms with van der Waals surface area (Å²) < 4.78 is 5.69. The number of aryl methyl sites for hydroxylation is 4. The lowest BCUT2D eigenvalue weighted by atomic mass is 10.0. The molecule has 6 nitrogen and oxygen atoms in total. The molecule has 1 amide bonds. The lowest BCUT2D eigenvalue weighted by molar-refractivity contribution is -0.118. The summed E-state index contributed by atoms with van der Waals surface area (Å²) in [7, 11) is 0. The fourth-order valence-electron chi connectivity index (χ4n) is 3.80. The number of aromatic nitrogens is 2. The molecule has 0 spiro atoms. The van der Waals surface area contributed by atoms with E-state index < -0.39 is 0 Å². The third kappa shape index (κ3) is 5.00. The molecule has 0 aliphatic carbocycles. The summed E-state index contributed by atoms with van der Waals surface area (Å²) in [6, 6.07) is 5.89. The highest BCUT2D eigenvalue weighted by molar-refractivity contribution is 5.93. The molecule has 1 aliphatic rings. The SMILES string of the molecule is Cc1cc(C)c(NC(=O)COc2cc(C)nc(N3CCCC(C)C3)n2)c(C)c1. The van der Waals surface area contributed by atoms with E-state index in [4.69, 9.17) is 4.74 Å². The number of amides is 1. The van der Waals surface area contributed by atoms with Crippen LogP contribution in [0, 0.1) is 33.6 Å². The fraction of sp³-hybridized carbons (Fsp3) is 0.500. The van der Waals surface area contributed by atoms with E-state index in [0.29, 0.717) is 17.7 Å². The number of rotatable bonds is 5. The monoisotopic (exact) mass is 382 g/mol. The van der Waals surface area contributed by atoms with Crippen LogP contribution in [0.15, 0.2) is 18.2 Å². The summed E-state index contributed by atoms with van der Waals surface area (Å²) in [5, 5.41) is 2.96. The van der Waals surface area contributed by atoms with Crippen LogP contribution in [0.2, 0.25) is 0 Å². The molecule has 0 saturated carbocycles. The molecular weight excluding hydrogens is 352 g/mol. The lowest BCUT2D eigenvalue weighted by Crippen LogP contribution is -2.35. The summed E-state index contributed by atoms with van der Waals surface area (Å²) in [6.45, 7) is 12.0. The van der Waals surface area contributed by atoms with Gasteiger partial charge in [-0.25, -0.2) is 4.98 Å². The van der Waals surface area contributed by atoms with E-state index in [1.807, 2.05) is 27.7 Å². The molecule has 1 saturated heterocycles. The van der Waals surface area contributed by atoms with E-state index in [-0.39, 0.29) is 12.5 Å². The zero-order valence-electron chi connectivity index (χ0n) is 17.5. The third-order valence-electron chi connectivity index (χ3n) is 5.05. The normalized spacial score (nSPS) is 16.8. The number of piperidine rings is 1. The third-order valence-corrected chi connectivity index (χ3v) is 5.05. The minimum Gasteiger partial charge on any atom is -0.467 e. The van der Waals surface area contributed by atoms with Crippen LogP contribution in [0.4, 0.5) is 11.6 Å². The fourth-order valence-corrected chi connectivity index (χ4v) is 3.80. The Balaban J connectivity index is 1.65. The van der Waals surface area contributed by atoms with Gasteiger partial charge in [0.25, 0.3) is 5.91 Å². The number of hydrogen-bond acceptors (Lipinski definition) is 5. The topological polar surface area (TPSA) is 67.3 Å². The Morgan fingerprint density at radius 1 is 1.18 bits per heavy atom. The zero-order valence-corrected chi connectivity index (χ0v) is 17.5. The smallest absolute Gasteiger partial charge is 0.262 e. The van der Waals surface area contributed by atoms with Crippen molar-refractivity contribution in [2.45, 2.75) is 47.5 Å². The Kier molecular flexibility index (Phi) is 6.17. The van der Waals surface area contributed by atoms with Gasteiger partial charge in [0, 0.05) is 30.5 Å². The van der Waals surface area contributed by atoms with Gasteiger partial charge in [0.2, 0.25) is 11.8 Å². The zero-order chi connectivity index (χ0) is 20.3. The number of carbonyl (C=O) groups excluding carboxylic acids is 1. The average molecular weight is 383 g/mol. The Bertz CT molecular complexity index is 843. The Labute approximate surface area is 167 Å². The van der Waals surface area contributed by atoms with Gasteiger partial charge >= 0.3 is 0 Å². The van der Waals surface area contributed by atoms with Gasteiger partial charge in [-0.3, -0.25) is 4.79 Å². The molecule has 0 bridgehead atoms. The molecule has 150 valence electrons. The molecule has 1 N–H and O–H groups in total. The summed E-state index contributed by atoms with van der Waals surface area (Å²) >= 11 is 0. The van der Waals surface area contributed by atoms with E-state index in [1.54, 1.807) is 6.07 Å². The quantitative estimate of drug-likeness (QED) is 0.848. The van der Waals surface area contributed by atoms with Crippen molar-refractivity contribution in [2.75, 3.05) is 29.9 Å². The van der Waals surface area contributed by atoms with E-state index in [2.05, 4.69) is 39.2 Å². The molecule has 1 atom stereocenters. The molecule has 1 fully saturated rings. The second kappa shape index (κ2) is 8.59. The first-order valence-electron chi connectivity index (χ1n) is 9.93. The first-order valence-corrected chi connectivity index (χ1v) is 9.93. The van der Waals surface area contributed by atoms with Crippen LogP contribution in [0.1, 0.15) is 42.1 Å². The van der Waals surface area contributed by atoms with Crippen molar-refractivity contribution in [3.05, 3.63) is 40.6 Å². The standard InChI is InChI=1S/C22H30N4O2/c1-14-7-6-8-26(12-14)22-23-18(5)11-20(25-22)28-13-19(27)24-21-16(3)9-15(2)10-17(21)4/h9-11,14H,6-8,12-13H2,1-5H3,(H,24,27). The summed E-state index contributed by atoms with van der Waals surface area (Å²) in [6.07, 6.45) is 2.38. The number of nitrogens with one attached hydrogen (secondary N) is 1. The number of nitrogens with zero attached hydrogens (tertiary/aromatic N) is 3. The minimum atomic E-state index is -0.195. The molecule has 6 heteroatoms. The van der Waals surface area contributed by atoms with Crippen LogP contribution in [-0.4, -0.2) is 35.6 Å². The van der Waals surface area contributed by atoms with Gasteiger partial charge in [0.15, 0.2) is 6.61 Å². The Hall–Kier alpha value is -2.63. The van der Waals surface area contributed by atoms with E-state index in [9.17, 15) is 4.79 Å². The molecule has 1 aromatic carbocycles. The van der Waals surface area contributed by atoms with Crippen molar-refractivity contribution < 1.29 is 9.53 Å². The van der Waals surface area contributed by atoms with Crippen LogP contribution < -0.4 is 15.0 Å². The van der Waals surface area contributed by atoms with E-state index in [0.717, 1.165) is 42.0 Å². The van der Waals surface area contributed by atoms with Gasteiger partial charge in [-0.2, -0.15) is 4.98 Å². The largest absolute Gasteiger partial charge is 0.467 e. The van der Waals surface area contributed by atoms with Crippen LogP contribution in [0.25, 0.3) is 0 Å². The van der Waals surface area contributed by atoms with Gasteiger partial charge in [0.1, 0.15) is 0 Å². The first-order chi connectivity index (χ1) is 13.3. The Morgan fingerprint density at radius 3 is 2.57 bits per heavy atom. The van der Waals surface area contributed by atoms with Crippen molar-refractivity contribution in [3.63, 3.8) is 0 Å². The van der Waals surface area contributed by atoms with Gasteiger partial charge in [-0.15, -0.1) is 0 Å². The van der Waals surface area contributed by atoms with Crippen molar-refractivity contribution in [2.24, 2.45) is 5.92 Å². The molecule has 1 aliphatic heterocycles. The van der Waals surface area contributed by atoms with Gasteiger partial charge < -0.3 is 15.0 Å². The number of ether oxygens (including phenoxy) is 1. The molecule has 2 aromatic rings. The molecule has 1 unspecified atom stereocenters. The van der Waals surface area contributed by atoms with Gasteiger partial charge in [0.05, 0.1) is 0 Å². The molecule has 28 heavy (non-hydrogen) atoms. The van der Waals surface area contributed by atoms with Crippen LogP contribution >= 0.6 is 0 Å². The highest BCUT2D eigenvalue weighted by Crippen LogP contribution is 2.23. The molecule has 2 heterocycles. The number of hydrogen-bond donors (Lipinski definition) is 1. The first kappa shape index (κ1) is 20.1. The number of anilines is 2. The van der Waals surface area contributed by atoms with Gasteiger partial charge in [-0.1, -0.05) is 24.6 Å². The second-order valence-electron chi connectivity index (χ2n) is 7.95. The molecular formula is C22H30N4O2. The Morgan fingerprint density at radius 2 is 1.89 bits per heavy atom. The van der Waals surface area contributed by atoms with Crippen LogP contribution in [0.3, 0.4) is 0 Å². The van der Waals surface area contributed by atoms with Crippen molar-refractivity contribution in [1.29, 1.82) is 0 Å². The summed E-state index contributed by atoms with van der Waals surface area (Å²) in [5.74, 6) is 1.56. The predicted octanol–water partition coefficient (Wildman–Crippen LogP) is 3.96. The van der Waals surface area contributed by atoms with Crippen molar-refractivity contribution in [3.8, 4) is 5.88 Å². The van der Waals surface area contributed by atoms with Crippen LogP contribution in [0.5, 0.6) is 5.88 Å². The summed E-state index contributed by atoms with van der Waals surface area (Å²) in [4.78, 5) is 23.7. The maximum Gasteiger partial charge on any atom is 0.262 e. The molecule has 3 rings (SSSR count). The highest BCUT2D eigenvalue weighted by atomic mass is 16.5. The summed E-state index contributed by atoms with van der Waals surface area (Å²) in [5.41, 5.74) is 4.96. The number of benzene rings is 1. The average Bonchev–Trinajstić information content (AvgIpc) is 2.62. The maximum absolute atomic E-state index is 12.4. The van der Waals surface area contributed by atoms with Crippen LogP contribution in [-0.2, 0) is 4.79 Å². The maximum atomic E-state index is 12.4. The van der Waals surface area contributed by atoms with E-state index >= 15 is 0 Å².